The predicted molar refractivity (Wildman–Crippen MR) is 69.9 cm³/mol. The van der Waals surface area contributed by atoms with Gasteiger partial charge in [-0.1, -0.05) is 38.1 Å². The molecule has 1 aliphatic heterocycles. The molecule has 0 saturated carbocycles. The molecule has 3 atom stereocenters. The Labute approximate surface area is 104 Å². The van der Waals surface area contributed by atoms with Crippen molar-refractivity contribution in [3.63, 3.8) is 0 Å². The van der Waals surface area contributed by atoms with E-state index in [1.165, 1.54) is 30.4 Å². The van der Waals surface area contributed by atoms with Crippen LogP contribution < -0.4 is 0 Å². The van der Waals surface area contributed by atoms with Crippen LogP contribution in [0.25, 0.3) is 0 Å². The van der Waals surface area contributed by atoms with Crippen LogP contribution in [0.1, 0.15) is 50.8 Å². The van der Waals surface area contributed by atoms with Crippen molar-refractivity contribution in [1.29, 1.82) is 0 Å². The molecule has 1 aromatic carbocycles. The van der Waals surface area contributed by atoms with Gasteiger partial charge in [0.1, 0.15) is 0 Å². The van der Waals surface area contributed by atoms with E-state index in [1.807, 2.05) is 0 Å². The van der Waals surface area contributed by atoms with E-state index in [4.69, 9.17) is 4.74 Å². The third-order valence-corrected chi connectivity index (χ3v) is 4.64. The van der Waals surface area contributed by atoms with E-state index in [9.17, 15) is 0 Å². The van der Waals surface area contributed by atoms with E-state index in [2.05, 4.69) is 45.0 Å². The fourth-order valence-corrected chi connectivity index (χ4v) is 3.66. The summed E-state index contributed by atoms with van der Waals surface area (Å²) in [6, 6.07) is 8.84. The Morgan fingerprint density at radius 3 is 2.76 bits per heavy atom. The largest absolute Gasteiger partial charge is 0.370 e. The van der Waals surface area contributed by atoms with E-state index >= 15 is 0 Å². The second kappa shape index (κ2) is 3.84. The number of fused-ring (bicyclic) bond motifs is 3. The predicted octanol–water partition coefficient (Wildman–Crippen LogP) is 4.13. The Morgan fingerprint density at radius 2 is 1.94 bits per heavy atom. The normalized spacial score (nSPS) is 34.9. The zero-order valence-electron chi connectivity index (χ0n) is 11.1. The summed E-state index contributed by atoms with van der Waals surface area (Å²) in [7, 11) is 0. The molecule has 17 heavy (non-hydrogen) atoms. The highest BCUT2D eigenvalue weighted by molar-refractivity contribution is 5.34. The van der Waals surface area contributed by atoms with Crippen LogP contribution in [0.15, 0.2) is 24.3 Å². The second-order valence-electron chi connectivity index (χ2n) is 6.42. The van der Waals surface area contributed by atoms with E-state index in [0.717, 1.165) is 0 Å². The minimum atomic E-state index is 0.332. The van der Waals surface area contributed by atoms with Crippen molar-refractivity contribution in [3.05, 3.63) is 35.4 Å². The quantitative estimate of drug-likeness (QED) is 0.651. The first-order valence-corrected chi connectivity index (χ1v) is 6.81. The van der Waals surface area contributed by atoms with Crippen molar-refractivity contribution < 1.29 is 4.74 Å². The third-order valence-electron chi connectivity index (χ3n) is 4.64. The van der Waals surface area contributed by atoms with Crippen LogP contribution in [0.2, 0.25) is 0 Å². The Kier molecular flexibility index (Phi) is 2.55. The topological polar surface area (TPSA) is 9.23 Å². The second-order valence-corrected chi connectivity index (χ2v) is 6.42. The van der Waals surface area contributed by atoms with Gasteiger partial charge < -0.3 is 4.74 Å². The van der Waals surface area contributed by atoms with Crippen LogP contribution in [0.4, 0.5) is 0 Å². The summed E-state index contributed by atoms with van der Waals surface area (Å²) in [5, 5.41) is 0. The maximum absolute atomic E-state index is 6.25. The van der Waals surface area contributed by atoms with Gasteiger partial charge in [0.15, 0.2) is 0 Å². The summed E-state index contributed by atoms with van der Waals surface area (Å²) in [6.07, 6.45) is 4.47. The van der Waals surface area contributed by atoms with Gasteiger partial charge in [-0.05, 0) is 48.6 Å². The molecule has 0 aromatic heterocycles. The minimum absolute atomic E-state index is 0.332. The number of hydrogen-bond acceptors (Lipinski definition) is 1. The molecule has 1 aromatic rings. The Balaban J connectivity index is 2.05. The molecule has 0 amide bonds. The Bertz CT molecular complexity index is 421. The monoisotopic (exact) mass is 230 g/mol. The molecule has 1 heteroatoms. The van der Waals surface area contributed by atoms with E-state index in [1.54, 1.807) is 0 Å². The molecule has 3 rings (SSSR count). The Hall–Kier alpha value is -0.820. The number of rotatable bonds is 0. The number of hydrogen-bond donors (Lipinski definition) is 0. The zero-order valence-corrected chi connectivity index (χ0v) is 11.1. The highest BCUT2D eigenvalue weighted by atomic mass is 16.5. The van der Waals surface area contributed by atoms with Crippen molar-refractivity contribution in [2.45, 2.75) is 52.2 Å². The smallest absolute Gasteiger partial charge is 0.0864 e. The molecule has 1 aliphatic carbocycles. The molecule has 1 nitrogen and oxygen atoms in total. The van der Waals surface area contributed by atoms with Gasteiger partial charge in [-0.3, -0.25) is 0 Å². The standard InChI is InChI=1S/C16H22O/c1-11-8-9-14-15(17-11)13-7-5-4-6-12(13)10-16(14,2)3/h4-7,11,14-15H,8-10H2,1-3H3. The number of benzene rings is 1. The van der Waals surface area contributed by atoms with Crippen molar-refractivity contribution in [2.24, 2.45) is 11.3 Å². The van der Waals surface area contributed by atoms with Crippen LogP contribution in [0, 0.1) is 11.3 Å². The minimum Gasteiger partial charge on any atom is -0.370 e. The first-order chi connectivity index (χ1) is 8.08. The van der Waals surface area contributed by atoms with Gasteiger partial charge in [0.25, 0.3) is 0 Å². The van der Waals surface area contributed by atoms with E-state index in [0.29, 0.717) is 23.5 Å². The van der Waals surface area contributed by atoms with Gasteiger partial charge in [0.05, 0.1) is 12.2 Å². The molecule has 92 valence electrons. The van der Waals surface area contributed by atoms with Gasteiger partial charge >= 0.3 is 0 Å². The molecule has 3 unspecified atom stereocenters. The molecule has 2 aliphatic rings. The third kappa shape index (κ3) is 1.81. The maximum atomic E-state index is 6.25. The SMILES string of the molecule is CC1CCC2C(O1)c1ccccc1CC2(C)C. The average molecular weight is 230 g/mol. The summed E-state index contributed by atoms with van der Waals surface area (Å²) >= 11 is 0. The van der Waals surface area contributed by atoms with Crippen LogP contribution in [-0.2, 0) is 11.2 Å². The van der Waals surface area contributed by atoms with Gasteiger partial charge in [-0.25, -0.2) is 0 Å². The lowest BCUT2D eigenvalue weighted by Gasteiger charge is -2.48. The lowest BCUT2D eigenvalue weighted by molar-refractivity contribution is -0.117. The fraction of sp³-hybridized carbons (Fsp3) is 0.625. The molecule has 1 fully saturated rings. The highest BCUT2D eigenvalue weighted by Crippen LogP contribution is 2.52. The zero-order chi connectivity index (χ0) is 12.0. The fourth-order valence-electron chi connectivity index (χ4n) is 3.66. The lowest BCUT2D eigenvalue weighted by Crippen LogP contribution is -2.41. The first kappa shape index (κ1) is 11.3. The maximum Gasteiger partial charge on any atom is 0.0864 e. The Morgan fingerprint density at radius 1 is 1.18 bits per heavy atom. The summed E-state index contributed by atoms with van der Waals surface area (Å²) in [5.41, 5.74) is 3.32. The average Bonchev–Trinajstić information content (AvgIpc) is 2.28. The van der Waals surface area contributed by atoms with Gasteiger partial charge in [-0.15, -0.1) is 0 Å². The van der Waals surface area contributed by atoms with Gasteiger partial charge in [0, 0.05) is 0 Å². The lowest BCUT2D eigenvalue weighted by atomic mass is 9.63. The van der Waals surface area contributed by atoms with Gasteiger partial charge in [-0.2, -0.15) is 0 Å². The van der Waals surface area contributed by atoms with Crippen molar-refractivity contribution in [1.82, 2.24) is 0 Å². The van der Waals surface area contributed by atoms with E-state index in [-0.39, 0.29) is 0 Å². The van der Waals surface area contributed by atoms with Crippen LogP contribution in [0.5, 0.6) is 0 Å². The number of ether oxygens (including phenoxy) is 1. The molecule has 0 radical (unpaired) electrons. The molecule has 0 N–H and O–H groups in total. The van der Waals surface area contributed by atoms with Crippen LogP contribution >= 0.6 is 0 Å². The molecule has 1 saturated heterocycles. The summed E-state index contributed by atoms with van der Waals surface area (Å²) in [6.45, 7) is 7.01. The van der Waals surface area contributed by atoms with E-state index < -0.39 is 0 Å². The van der Waals surface area contributed by atoms with Crippen molar-refractivity contribution in [2.75, 3.05) is 0 Å². The van der Waals surface area contributed by atoms with Crippen molar-refractivity contribution >= 4 is 0 Å². The molecule has 0 spiro atoms. The van der Waals surface area contributed by atoms with Gasteiger partial charge in [0.2, 0.25) is 0 Å². The molecule has 1 heterocycles. The molecular formula is C16H22O. The molecular weight excluding hydrogens is 208 g/mol. The van der Waals surface area contributed by atoms with Crippen molar-refractivity contribution in [3.8, 4) is 0 Å². The highest BCUT2D eigenvalue weighted by Gasteiger charge is 2.44. The summed E-state index contributed by atoms with van der Waals surface area (Å²) < 4.78 is 6.25. The summed E-state index contributed by atoms with van der Waals surface area (Å²) in [5.74, 6) is 0.689. The summed E-state index contributed by atoms with van der Waals surface area (Å²) in [4.78, 5) is 0. The van der Waals surface area contributed by atoms with Crippen LogP contribution in [0.3, 0.4) is 0 Å². The first-order valence-electron chi connectivity index (χ1n) is 6.81. The molecule has 0 bridgehead atoms. The van der Waals surface area contributed by atoms with Crippen LogP contribution in [-0.4, -0.2) is 6.10 Å².